The van der Waals surface area contributed by atoms with Crippen molar-refractivity contribution in [1.29, 1.82) is 0 Å². The van der Waals surface area contributed by atoms with Crippen molar-refractivity contribution in [2.75, 3.05) is 53.0 Å². The van der Waals surface area contributed by atoms with Gasteiger partial charge in [0.15, 0.2) is 0 Å². The van der Waals surface area contributed by atoms with Crippen LogP contribution in [0.15, 0.2) is 10.1 Å². The van der Waals surface area contributed by atoms with Gasteiger partial charge in [-0.15, -0.1) is 5.10 Å². The number of fused-ring (bicyclic) bond motifs is 2. The van der Waals surface area contributed by atoms with E-state index in [1.54, 1.807) is 7.05 Å². The van der Waals surface area contributed by atoms with E-state index in [1.165, 1.54) is 9.80 Å². The monoisotopic (exact) mass is 348 g/mol. The molecule has 1 unspecified atom stereocenters. The number of urea groups is 1. The van der Waals surface area contributed by atoms with Gasteiger partial charge in [0.2, 0.25) is 11.9 Å². The Morgan fingerprint density at radius 2 is 2.04 bits per heavy atom. The Bertz CT molecular complexity index is 708. The van der Waals surface area contributed by atoms with Gasteiger partial charge in [0.1, 0.15) is 6.54 Å². The summed E-state index contributed by atoms with van der Waals surface area (Å²) in [7, 11) is 1.66. The Morgan fingerprint density at radius 3 is 2.80 bits per heavy atom. The van der Waals surface area contributed by atoms with Gasteiger partial charge in [0.25, 0.3) is 5.91 Å². The number of guanidine groups is 1. The minimum absolute atomic E-state index is 0.221. The highest BCUT2D eigenvalue weighted by atomic mass is 16.5. The fraction of sp³-hybridized carbons (Fsp3) is 0.667. The molecule has 0 radical (unpaired) electrons. The number of amides is 3. The van der Waals surface area contributed by atoms with Crippen molar-refractivity contribution in [3.05, 3.63) is 0 Å². The SMILES string of the molecule is CC1=NNC2=[N+](C1)C1C(=O)N(CCN3CCOCC3)C(=O)N(C)C1=N2. The van der Waals surface area contributed by atoms with E-state index in [4.69, 9.17) is 4.74 Å². The Hall–Kier alpha value is -2.33. The Balaban J connectivity index is 1.52. The van der Waals surface area contributed by atoms with Gasteiger partial charge in [0, 0.05) is 33.2 Å². The van der Waals surface area contributed by atoms with Gasteiger partial charge in [-0.3, -0.25) is 19.5 Å². The van der Waals surface area contributed by atoms with E-state index in [9.17, 15) is 9.59 Å². The summed E-state index contributed by atoms with van der Waals surface area (Å²) in [5.74, 6) is 0.764. The number of likely N-dealkylation sites (N-methyl/N-ethyl adjacent to an activating group) is 1. The number of nitrogens with one attached hydrogen (secondary N) is 1. The van der Waals surface area contributed by atoms with E-state index in [-0.39, 0.29) is 11.9 Å². The van der Waals surface area contributed by atoms with E-state index in [1.807, 2.05) is 11.5 Å². The van der Waals surface area contributed by atoms with E-state index < -0.39 is 6.04 Å². The third-order valence-electron chi connectivity index (χ3n) is 4.90. The number of carbonyl (C=O) groups is 2. The number of aliphatic imine (C=N–C) groups is 1. The summed E-state index contributed by atoms with van der Waals surface area (Å²) in [4.78, 5) is 35.1. The summed E-state index contributed by atoms with van der Waals surface area (Å²) in [5, 5.41) is 4.15. The summed E-state index contributed by atoms with van der Waals surface area (Å²) in [6.45, 7) is 6.47. The second kappa shape index (κ2) is 6.19. The summed E-state index contributed by atoms with van der Waals surface area (Å²) < 4.78 is 7.20. The predicted molar refractivity (Wildman–Crippen MR) is 89.7 cm³/mol. The molecule has 3 amide bonds. The molecule has 2 saturated heterocycles. The molecule has 1 atom stereocenters. The largest absolute Gasteiger partial charge is 0.414 e. The number of rotatable bonds is 3. The van der Waals surface area contributed by atoms with Crippen molar-refractivity contribution in [1.82, 2.24) is 20.1 Å². The molecule has 2 fully saturated rings. The fourth-order valence-corrected chi connectivity index (χ4v) is 3.47. The van der Waals surface area contributed by atoms with Gasteiger partial charge >= 0.3 is 12.0 Å². The first-order valence-electron chi connectivity index (χ1n) is 8.47. The zero-order valence-corrected chi connectivity index (χ0v) is 14.4. The zero-order chi connectivity index (χ0) is 17.6. The standard InChI is InChI=1S/C15H21N7O3/c1-10-9-22-11-12(16-14(22)18-17-10)19(2)15(24)21(13(11)23)4-3-20-5-7-25-8-6-20/h11H,3-9H2,1-2H3/p+1. The normalized spacial score (nSPS) is 27.0. The van der Waals surface area contributed by atoms with Crippen molar-refractivity contribution in [2.24, 2.45) is 10.1 Å². The van der Waals surface area contributed by atoms with E-state index in [0.29, 0.717) is 44.6 Å². The summed E-state index contributed by atoms with van der Waals surface area (Å²) in [6, 6.07) is -0.897. The molecule has 4 heterocycles. The molecule has 4 aliphatic rings. The summed E-state index contributed by atoms with van der Waals surface area (Å²) >= 11 is 0. The molecule has 10 nitrogen and oxygen atoms in total. The number of hydrogen-bond acceptors (Lipinski definition) is 7. The molecule has 10 heteroatoms. The van der Waals surface area contributed by atoms with Gasteiger partial charge in [0.05, 0.1) is 18.9 Å². The number of nitrogens with zero attached hydrogens (tertiary/aromatic N) is 6. The van der Waals surface area contributed by atoms with Crippen LogP contribution >= 0.6 is 0 Å². The first-order valence-corrected chi connectivity index (χ1v) is 8.47. The molecule has 0 spiro atoms. The first-order chi connectivity index (χ1) is 12.1. The van der Waals surface area contributed by atoms with Crippen LogP contribution in [-0.4, -0.2) is 108 Å². The molecule has 0 aromatic rings. The first kappa shape index (κ1) is 16.2. The molecule has 0 aromatic carbocycles. The molecule has 4 rings (SSSR count). The number of morpholine rings is 1. The number of ether oxygens (including phenoxy) is 1. The molecule has 0 aromatic heterocycles. The second-order valence-electron chi connectivity index (χ2n) is 6.57. The van der Waals surface area contributed by atoms with Crippen molar-refractivity contribution in [3.63, 3.8) is 0 Å². The molecule has 4 aliphatic heterocycles. The lowest BCUT2D eigenvalue weighted by molar-refractivity contribution is -0.524. The van der Waals surface area contributed by atoms with Crippen LogP contribution < -0.4 is 5.43 Å². The molecule has 0 bridgehead atoms. The van der Waals surface area contributed by atoms with Gasteiger partial charge < -0.3 is 4.74 Å². The molecule has 0 aliphatic carbocycles. The highest BCUT2D eigenvalue weighted by Gasteiger charge is 2.53. The van der Waals surface area contributed by atoms with Crippen molar-refractivity contribution in [3.8, 4) is 0 Å². The van der Waals surface area contributed by atoms with Crippen LogP contribution in [0.2, 0.25) is 0 Å². The molecule has 0 saturated carbocycles. The van der Waals surface area contributed by atoms with Crippen molar-refractivity contribution in [2.45, 2.75) is 13.0 Å². The molecule has 1 N–H and O–H groups in total. The summed E-state index contributed by atoms with van der Waals surface area (Å²) in [5.41, 5.74) is 3.72. The van der Waals surface area contributed by atoms with Crippen LogP contribution in [0, 0.1) is 0 Å². The number of amidine groups is 1. The van der Waals surface area contributed by atoms with Crippen LogP contribution in [0.3, 0.4) is 0 Å². The number of hydrogen-bond donors (Lipinski definition) is 1. The van der Waals surface area contributed by atoms with Gasteiger partial charge in [-0.05, 0) is 6.92 Å². The van der Waals surface area contributed by atoms with Crippen LogP contribution in [-0.2, 0) is 9.53 Å². The second-order valence-corrected chi connectivity index (χ2v) is 6.57. The molecule has 25 heavy (non-hydrogen) atoms. The van der Waals surface area contributed by atoms with E-state index in [2.05, 4.69) is 20.4 Å². The zero-order valence-electron chi connectivity index (χ0n) is 14.4. The van der Waals surface area contributed by atoms with E-state index in [0.717, 1.165) is 18.8 Å². The van der Waals surface area contributed by atoms with Crippen LogP contribution in [0.1, 0.15) is 6.92 Å². The van der Waals surface area contributed by atoms with Crippen LogP contribution in [0.4, 0.5) is 4.79 Å². The highest BCUT2D eigenvalue weighted by Crippen LogP contribution is 2.20. The average Bonchev–Trinajstić information content (AvgIpc) is 2.99. The minimum Gasteiger partial charge on any atom is -0.379 e. The molecule has 134 valence electrons. The predicted octanol–water partition coefficient (Wildman–Crippen LogP) is -1.66. The smallest absolute Gasteiger partial charge is 0.379 e. The maximum absolute atomic E-state index is 13.0. The molecular formula is C15H22N7O3+. The molecular weight excluding hydrogens is 326 g/mol. The number of hydrazone groups is 1. The van der Waals surface area contributed by atoms with Crippen LogP contribution in [0.5, 0.6) is 0 Å². The quantitative estimate of drug-likeness (QED) is 0.617. The lowest BCUT2D eigenvalue weighted by Gasteiger charge is -2.36. The average molecular weight is 348 g/mol. The van der Waals surface area contributed by atoms with Crippen molar-refractivity contribution >= 4 is 29.4 Å². The Labute approximate surface area is 145 Å². The van der Waals surface area contributed by atoms with Gasteiger partial charge in [-0.2, -0.15) is 5.43 Å². The Kier molecular flexibility index (Phi) is 4.00. The topological polar surface area (TPSA) is 92.8 Å². The van der Waals surface area contributed by atoms with E-state index >= 15 is 0 Å². The minimum atomic E-state index is -0.569. The lowest BCUT2D eigenvalue weighted by Crippen LogP contribution is -2.64. The van der Waals surface area contributed by atoms with Crippen LogP contribution in [0.25, 0.3) is 0 Å². The summed E-state index contributed by atoms with van der Waals surface area (Å²) in [6.07, 6.45) is 0. The third-order valence-corrected chi connectivity index (χ3v) is 4.90. The number of imide groups is 1. The van der Waals surface area contributed by atoms with Gasteiger partial charge in [-0.25, -0.2) is 9.37 Å². The Morgan fingerprint density at radius 1 is 1.28 bits per heavy atom. The lowest BCUT2D eigenvalue weighted by atomic mass is 10.1. The maximum atomic E-state index is 13.0. The third kappa shape index (κ3) is 2.71. The van der Waals surface area contributed by atoms with Gasteiger partial charge in [-0.1, -0.05) is 4.99 Å². The van der Waals surface area contributed by atoms with Crippen molar-refractivity contribution < 1.29 is 18.9 Å². The number of carbonyl (C=O) groups excluding carboxylic acids is 2. The highest BCUT2D eigenvalue weighted by molar-refractivity contribution is 6.23. The fourth-order valence-electron chi connectivity index (χ4n) is 3.47. The maximum Gasteiger partial charge on any atom is 0.414 e.